The van der Waals surface area contributed by atoms with Crippen molar-refractivity contribution in [2.45, 2.75) is 63.1 Å². The highest BCUT2D eigenvalue weighted by Gasteiger charge is 2.44. The summed E-state index contributed by atoms with van der Waals surface area (Å²) in [5.41, 5.74) is 2.36. The number of halogens is 2. The quantitative estimate of drug-likeness (QED) is 0.412. The Balaban J connectivity index is 3.32. The number of carbonyl (C=O) groups excluding carboxylic acids is 1. The third-order valence-corrected chi connectivity index (χ3v) is 17.8. The van der Waals surface area contributed by atoms with Gasteiger partial charge in [-0.3, -0.25) is 0 Å². The second-order valence-electron chi connectivity index (χ2n) is 6.85. The molecule has 2 nitrogen and oxygen atoms in total. The maximum Gasteiger partial charge on any atom is 0.131 e. The standard InChI is InChI=1S/C18H26Cl2O2SSi/c1-11(2)24(12(3)4,13(5)6)23-15-9-7-14(8-10-16(21)22)17(19)18(15)20/h7-13H,1-6H3,(H,21,22)/p-1/b10-8+. The molecule has 0 heterocycles. The van der Waals surface area contributed by atoms with Crippen molar-refractivity contribution in [3.05, 3.63) is 33.8 Å². The van der Waals surface area contributed by atoms with Crippen molar-refractivity contribution in [2.75, 3.05) is 0 Å². The second kappa shape index (κ2) is 8.79. The monoisotopic (exact) mass is 403 g/mol. The fourth-order valence-corrected chi connectivity index (χ4v) is 13.4. The SMILES string of the molecule is CC(C)[Si](Sc1ccc(/C=C/C(=O)[O-])c(Cl)c1Cl)(C(C)C)C(C)C. The van der Waals surface area contributed by atoms with E-state index in [1.54, 1.807) is 0 Å². The van der Waals surface area contributed by atoms with Gasteiger partial charge in [0.25, 0.3) is 0 Å². The van der Waals surface area contributed by atoms with Gasteiger partial charge in [0.1, 0.15) is 7.22 Å². The van der Waals surface area contributed by atoms with Crippen molar-refractivity contribution in [2.24, 2.45) is 0 Å². The van der Waals surface area contributed by atoms with Crippen LogP contribution in [0.25, 0.3) is 6.08 Å². The van der Waals surface area contributed by atoms with Crippen LogP contribution in [0, 0.1) is 0 Å². The Morgan fingerprint density at radius 1 is 1.04 bits per heavy atom. The number of rotatable bonds is 7. The van der Waals surface area contributed by atoms with Crippen molar-refractivity contribution in [3.8, 4) is 0 Å². The summed E-state index contributed by atoms with van der Waals surface area (Å²) < 4.78 is 0. The van der Waals surface area contributed by atoms with Crippen LogP contribution in [0.3, 0.4) is 0 Å². The number of hydrogen-bond acceptors (Lipinski definition) is 3. The molecule has 1 aromatic rings. The summed E-state index contributed by atoms with van der Waals surface area (Å²) in [6.45, 7) is 13.8. The molecular formula is C18H25Cl2O2SSi-. The highest BCUT2D eigenvalue weighted by Crippen LogP contribution is 2.53. The largest absolute Gasteiger partial charge is 0.545 e. The van der Waals surface area contributed by atoms with E-state index in [9.17, 15) is 9.90 Å². The maximum absolute atomic E-state index is 10.6. The Hall–Kier alpha value is -0.423. The van der Waals surface area contributed by atoms with Gasteiger partial charge in [-0.05, 0) is 34.3 Å². The minimum absolute atomic E-state index is 0.387. The van der Waals surface area contributed by atoms with Gasteiger partial charge in [-0.25, -0.2) is 0 Å². The van der Waals surface area contributed by atoms with E-state index >= 15 is 0 Å². The van der Waals surface area contributed by atoms with E-state index in [4.69, 9.17) is 23.2 Å². The number of carboxylic acids is 1. The summed E-state index contributed by atoms with van der Waals surface area (Å²) in [5.74, 6) is -1.26. The molecule has 0 bridgehead atoms. The predicted molar refractivity (Wildman–Crippen MR) is 107 cm³/mol. The molecule has 0 spiro atoms. The molecule has 0 amide bonds. The van der Waals surface area contributed by atoms with E-state index < -0.39 is 13.2 Å². The molecule has 6 heteroatoms. The van der Waals surface area contributed by atoms with Crippen molar-refractivity contribution in [1.82, 2.24) is 0 Å². The molecule has 0 atom stereocenters. The first-order valence-electron chi connectivity index (χ1n) is 8.10. The van der Waals surface area contributed by atoms with Gasteiger partial charge >= 0.3 is 0 Å². The van der Waals surface area contributed by atoms with Crippen LogP contribution < -0.4 is 5.11 Å². The fourth-order valence-electron chi connectivity index (χ4n) is 3.46. The Kier molecular flexibility index (Phi) is 7.92. The fraction of sp³-hybridized carbons (Fsp3) is 0.500. The summed E-state index contributed by atoms with van der Waals surface area (Å²) in [6.07, 6.45) is 2.37. The summed E-state index contributed by atoms with van der Waals surface area (Å²) in [6, 6.07) is 3.76. The molecule has 134 valence electrons. The highest BCUT2D eigenvalue weighted by molar-refractivity contribution is 8.29. The van der Waals surface area contributed by atoms with Gasteiger partial charge < -0.3 is 9.90 Å². The van der Waals surface area contributed by atoms with Crippen LogP contribution >= 0.6 is 34.4 Å². The van der Waals surface area contributed by atoms with E-state index in [1.807, 2.05) is 23.3 Å². The van der Waals surface area contributed by atoms with E-state index in [-0.39, 0.29) is 0 Å². The van der Waals surface area contributed by atoms with Gasteiger partial charge in [-0.15, -0.1) is 11.2 Å². The van der Waals surface area contributed by atoms with Gasteiger partial charge in [-0.1, -0.05) is 76.9 Å². The Labute approximate surface area is 160 Å². The average molecular weight is 404 g/mol. The molecule has 1 rings (SSSR count). The lowest BCUT2D eigenvalue weighted by Crippen LogP contribution is -2.41. The number of benzene rings is 1. The molecule has 0 fully saturated rings. The lowest BCUT2D eigenvalue weighted by atomic mass is 10.2. The minimum atomic E-state index is -1.73. The van der Waals surface area contributed by atoms with Crippen LogP contribution in [-0.2, 0) is 4.79 Å². The van der Waals surface area contributed by atoms with Crippen molar-refractivity contribution in [1.29, 1.82) is 0 Å². The van der Waals surface area contributed by atoms with Crippen LogP contribution in [0.4, 0.5) is 0 Å². The lowest BCUT2D eigenvalue weighted by Gasteiger charge is -2.42. The third-order valence-electron chi connectivity index (χ3n) is 4.47. The molecule has 0 saturated heterocycles. The van der Waals surface area contributed by atoms with Crippen LogP contribution in [0.5, 0.6) is 0 Å². The van der Waals surface area contributed by atoms with Gasteiger partial charge in [0.05, 0.1) is 16.0 Å². The Morgan fingerprint density at radius 3 is 1.96 bits per heavy atom. The van der Waals surface area contributed by atoms with Crippen LogP contribution in [0.2, 0.25) is 26.7 Å². The van der Waals surface area contributed by atoms with Crippen LogP contribution in [-0.4, -0.2) is 13.2 Å². The molecule has 0 aliphatic carbocycles. The van der Waals surface area contributed by atoms with Crippen molar-refractivity contribution < 1.29 is 9.90 Å². The first-order valence-corrected chi connectivity index (χ1v) is 12.6. The summed E-state index contributed by atoms with van der Waals surface area (Å²) in [7, 11) is -1.73. The van der Waals surface area contributed by atoms with Gasteiger partial charge in [0, 0.05) is 4.90 Å². The topological polar surface area (TPSA) is 40.1 Å². The molecular weight excluding hydrogens is 379 g/mol. The van der Waals surface area contributed by atoms with Crippen molar-refractivity contribution in [3.63, 3.8) is 0 Å². The summed E-state index contributed by atoms with van der Waals surface area (Å²) in [5, 5.41) is 11.5. The van der Waals surface area contributed by atoms with Gasteiger partial charge in [-0.2, -0.15) is 0 Å². The maximum atomic E-state index is 10.6. The Morgan fingerprint density at radius 2 is 1.54 bits per heavy atom. The van der Waals surface area contributed by atoms with Crippen LogP contribution in [0.1, 0.15) is 47.1 Å². The smallest absolute Gasteiger partial charge is 0.131 e. The highest BCUT2D eigenvalue weighted by atomic mass is 35.5. The zero-order valence-corrected chi connectivity index (χ0v) is 18.4. The van der Waals surface area contributed by atoms with Crippen LogP contribution in [0.15, 0.2) is 23.1 Å². The van der Waals surface area contributed by atoms with E-state index in [0.29, 0.717) is 32.2 Å². The number of aliphatic carboxylic acids is 1. The normalized spacial score (nSPS) is 12.8. The minimum Gasteiger partial charge on any atom is -0.545 e. The average Bonchev–Trinajstić information content (AvgIpc) is 2.46. The van der Waals surface area contributed by atoms with E-state index in [1.165, 1.54) is 6.08 Å². The first-order chi connectivity index (χ1) is 11.0. The number of carboxylic acid groups (broad SMARTS) is 1. The number of carbonyl (C=O) groups is 1. The molecule has 0 aromatic heterocycles. The third kappa shape index (κ3) is 4.60. The molecule has 0 saturated carbocycles. The molecule has 1 aromatic carbocycles. The van der Waals surface area contributed by atoms with Crippen molar-refractivity contribution >= 4 is 53.7 Å². The Bertz CT molecular complexity index is 606. The predicted octanol–water partition coefficient (Wildman–Crippen LogP) is 6.02. The van der Waals surface area contributed by atoms with Gasteiger partial charge in [0.15, 0.2) is 0 Å². The zero-order valence-electron chi connectivity index (χ0n) is 15.0. The first kappa shape index (κ1) is 21.6. The molecule has 24 heavy (non-hydrogen) atoms. The summed E-state index contributed by atoms with van der Waals surface area (Å²) in [4.78, 5) is 11.6. The van der Waals surface area contributed by atoms with Gasteiger partial charge in [0.2, 0.25) is 0 Å². The summed E-state index contributed by atoms with van der Waals surface area (Å²) >= 11 is 14.8. The molecule has 0 aliphatic rings. The lowest BCUT2D eigenvalue weighted by molar-refractivity contribution is -0.297. The molecule has 0 radical (unpaired) electrons. The molecule has 0 N–H and O–H groups in total. The second-order valence-corrected chi connectivity index (χ2v) is 16.2. The van der Waals surface area contributed by atoms with E-state index in [2.05, 4.69) is 41.5 Å². The molecule has 0 aliphatic heterocycles. The van der Waals surface area contributed by atoms with E-state index in [0.717, 1.165) is 11.0 Å². The zero-order chi connectivity index (χ0) is 18.7. The number of hydrogen-bond donors (Lipinski definition) is 0. The molecule has 0 unspecified atom stereocenters.